The first-order valence-corrected chi connectivity index (χ1v) is 9.22. The van der Waals surface area contributed by atoms with Crippen LogP contribution in [0.2, 0.25) is 0 Å². The van der Waals surface area contributed by atoms with Crippen molar-refractivity contribution in [1.82, 2.24) is 15.3 Å². The molecule has 0 aliphatic carbocycles. The zero-order valence-electron chi connectivity index (χ0n) is 15.5. The van der Waals surface area contributed by atoms with Crippen molar-refractivity contribution >= 4 is 17.7 Å². The Morgan fingerprint density at radius 3 is 2.48 bits per heavy atom. The van der Waals surface area contributed by atoms with Gasteiger partial charge in [-0.15, -0.1) is 0 Å². The minimum atomic E-state index is -0.474. The normalized spacial score (nSPS) is 21.3. The average molecular weight is 347 g/mol. The van der Waals surface area contributed by atoms with E-state index < -0.39 is 5.60 Å². The number of amides is 1. The van der Waals surface area contributed by atoms with Gasteiger partial charge in [0, 0.05) is 32.2 Å². The molecule has 0 bridgehead atoms. The third-order valence-corrected chi connectivity index (χ3v) is 4.55. The number of hydrogen-bond acceptors (Lipinski definition) is 6. The van der Waals surface area contributed by atoms with E-state index in [1.165, 1.54) is 19.3 Å². The van der Waals surface area contributed by atoms with E-state index in [1.54, 1.807) is 6.33 Å². The summed E-state index contributed by atoms with van der Waals surface area (Å²) in [6.07, 6.45) is 5.95. The molecule has 2 fully saturated rings. The van der Waals surface area contributed by atoms with Gasteiger partial charge in [-0.05, 0) is 46.5 Å². The molecule has 7 nitrogen and oxygen atoms in total. The fourth-order valence-corrected chi connectivity index (χ4v) is 3.37. The van der Waals surface area contributed by atoms with Gasteiger partial charge in [0.1, 0.15) is 23.6 Å². The fraction of sp³-hybridized carbons (Fsp3) is 0.722. The van der Waals surface area contributed by atoms with Crippen molar-refractivity contribution in [3.63, 3.8) is 0 Å². The lowest BCUT2D eigenvalue weighted by Crippen LogP contribution is -2.40. The van der Waals surface area contributed by atoms with Crippen LogP contribution in [0.3, 0.4) is 0 Å². The summed E-state index contributed by atoms with van der Waals surface area (Å²) < 4.78 is 5.34. The van der Waals surface area contributed by atoms with E-state index in [1.807, 2.05) is 20.8 Å². The van der Waals surface area contributed by atoms with Crippen LogP contribution in [-0.4, -0.2) is 53.9 Å². The third kappa shape index (κ3) is 4.96. The SMILES string of the molecule is CC(C)(C)OC(=O)NC1CCN(c2cc(N3CCCCC3)ncn2)C1. The zero-order chi connectivity index (χ0) is 17.9. The molecule has 1 amide bonds. The van der Waals surface area contributed by atoms with Crippen molar-refractivity contribution in [2.45, 2.75) is 58.1 Å². The number of nitrogens with one attached hydrogen (secondary N) is 1. The fourth-order valence-electron chi connectivity index (χ4n) is 3.37. The van der Waals surface area contributed by atoms with Gasteiger partial charge in [-0.25, -0.2) is 14.8 Å². The van der Waals surface area contributed by atoms with Gasteiger partial charge in [-0.2, -0.15) is 0 Å². The number of ether oxygens (including phenoxy) is 1. The highest BCUT2D eigenvalue weighted by molar-refractivity contribution is 5.68. The largest absolute Gasteiger partial charge is 0.444 e. The van der Waals surface area contributed by atoms with Gasteiger partial charge in [0.15, 0.2) is 0 Å². The monoisotopic (exact) mass is 347 g/mol. The van der Waals surface area contributed by atoms with Crippen LogP contribution in [0.4, 0.5) is 16.4 Å². The highest BCUT2D eigenvalue weighted by atomic mass is 16.6. The second kappa shape index (κ2) is 7.45. The number of hydrogen-bond donors (Lipinski definition) is 1. The van der Waals surface area contributed by atoms with E-state index in [0.29, 0.717) is 0 Å². The maximum absolute atomic E-state index is 11.9. The van der Waals surface area contributed by atoms with Crippen LogP contribution in [0.5, 0.6) is 0 Å². The maximum atomic E-state index is 11.9. The number of carbonyl (C=O) groups is 1. The second-order valence-electron chi connectivity index (χ2n) is 7.86. The number of rotatable bonds is 3. The number of anilines is 2. The van der Waals surface area contributed by atoms with Crippen LogP contribution < -0.4 is 15.1 Å². The molecule has 2 aliphatic heterocycles. The van der Waals surface area contributed by atoms with Gasteiger partial charge in [0.25, 0.3) is 0 Å². The minimum Gasteiger partial charge on any atom is -0.444 e. The Morgan fingerprint density at radius 2 is 1.80 bits per heavy atom. The van der Waals surface area contributed by atoms with Crippen LogP contribution in [0.15, 0.2) is 12.4 Å². The van der Waals surface area contributed by atoms with Gasteiger partial charge in [0.2, 0.25) is 0 Å². The molecule has 0 aromatic carbocycles. The van der Waals surface area contributed by atoms with Crippen molar-refractivity contribution in [1.29, 1.82) is 0 Å². The van der Waals surface area contributed by atoms with Crippen LogP contribution in [0.25, 0.3) is 0 Å². The molecule has 3 rings (SSSR count). The topological polar surface area (TPSA) is 70.6 Å². The van der Waals surface area contributed by atoms with E-state index in [2.05, 4.69) is 31.2 Å². The smallest absolute Gasteiger partial charge is 0.407 e. The quantitative estimate of drug-likeness (QED) is 0.906. The summed E-state index contributed by atoms with van der Waals surface area (Å²) in [6.45, 7) is 9.37. The molecule has 25 heavy (non-hydrogen) atoms. The van der Waals surface area contributed by atoms with Crippen molar-refractivity contribution in [3.8, 4) is 0 Å². The Kier molecular flexibility index (Phi) is 5.30. The number of aromatic nitrogens is 2. The van der Waals surface area contributed by atoms with E-state index in [0.717, 1.165) is 44.2 Å². The summed E-state index contributed by atoms with van der Waals surface area (Å²) in [5, 5.41) is 2.96. The van der Waals surface area contributed by atoms with E-state index in [-0.39, 0.29) is 12.1 Å². The molecule has 0 radical (unpaired) electrons. The molecule has 0 spiro atoms. The first-order valence-electron chi connectivity index (χ1n) is 9.22. The molecule has 1 aromatic rings. The maximum Gasteiger partial charge on any atom is 0.407 e. The Balaban J connectivity index is 1.57. The molecule has 0 saturated carbocycles. The van der Waals surface area contributed by atoms with Gasteiger partial charge in [-0.1, -0.05) is 0 Å². The predicted molar refractivity (Wildman–Crippen MR) is 98.1 cm³/mol. The highest BCUT2D eigenvalue weighted by Gasteiger charge is 2.27. The molecule has 2 saturated heterocycles. The average Bonchev–Trinajstić information content (AvgIpc) is 3.02. The molecule has 1 unspecified atom stereocenters. The molecule has 138 valence electrons. The molecule has 1 N–H and O–H groups in total. The lowest BCUT2D eigenvalue weighted by atomic mass is 10.1. The molecule has 1 atom stereocenters. The summed E-state index contributed by atoms with van der Waals surface area (Å²) in [4.78, 5) is 25.3. The summed E-state index contributed by atoms with van der Waals surface area (Å²) in [5.41, 5.74) is -0.474. The van der Waals surface area contributed by atoms with Crippen LogP contribution in [-0.2, 0) is 4.74 Å². The second-order valence-corrected chi connectivity index (χ2v) is 7.86. The number of carbonyl (C=O) groups excluding carboxylic acids is 1. The van der Waals surface area contributed by atoms with Gasteiger partial charge >= 0.3 is 6.09 Å². The standard InChI is InChI=1S/C18H29N5O2/c1-18(2,3)25-17(24)21-14-7-10-23(12-14)16-11-15(19-13-20-16)22-8-5-4-6-9-22/h11,13-14H,4-10,12H2,1-3H3,(H,21,24). The molecule has 1 aromatic heterocycles. The van der Waals surface area contributed by atoms with E-state index in [4.69, 9.17) is 4.74 Å². The lowest BCUT2D eigenvalue weighted by molar-refractivity contribution is 0.0509. The Labute approximate surface area is 149 Å². The van der Waals surface area contributed by atoms with Crippen molar-refractivity contribution in [2.24, 2.45) is 0 Å². The molecular weight excluding hydrogens is 318 g/mol. The first kappa shape index (κ1) is 17.8. The van der Waals surface area contributed by atoms with Crippen LogP contribution >= 0.6 is 0 Å². The summed E-state index contributed by atoms with van der Waals surface area (Å²) >= 11 is 0. The number of alkyl carbamates (subject to hydrolysis) is 1. The van der Waals surface area contributed by atoms with E-state index in [9.17, 15) is 4.79 Å². The lowest BCUT2D eigenvalue weighted by Gasteiger charge is -2.28. The summed E-state index contributed by atoms with van der Waals surface area (Å²) in [5.74, 6) is 1.94. The third-order valence-electron chi connectivity index (χ3n) is 4.55. The van der Waals surface area contributed by atoms with E-state index >= 15 is 0 Å². The van der Waals surface area contributed by atoms with Crippen molar-refractivity contribution in [2.75, 3.05) is 36.0 Å². The Hall–Kier alpha value is -2.05. The van der Waals surface area contributed by atoms with Gasteiger partial charge < -0.3 is 19.9 Å². The highest BCUT2D eigenvalue weighted by Crippen LogP contribution is 2.23. The summed E-state index contributed by atoms with van der Waals surface area (Å²) in [6, 6.07) is 2.16. The molecule has 2 aliphatic rings. The summed E-state index contributed by atoms with van der Waals surface area (Å²) in [7, 11) is 0. The molecule has 7 heteroatoms. The minimum absolute atomic E-state index is 0.0863. The van der Waals surface area contributed by atoms with Crippen LogP contribution in [0, 0.1) is 0 Å². The first-order chi connectivity index (χ1) is 11.9. The van der Waals surface area contributed by atoms with Gasteiger partial charge in [-0.3, -0.25) is 0 Å². The Morgan fingerprint density at radius 1 is 1.12 bits per heavy atom. The Bertz CT molecular complexity index is 595. The molecular formula is C18H29N5O2. The van der Waals surface area contributed by atoms with Crippen molar-refractivity contribution < 1.29 is 9.53 Å². The predicted octanol–water partition coefficient (Wildman–Crippen LogP) is 2.57. The van der Waals surface area contributed by atoms with Crippen molar-refractivity contribution in [3.05, 3.63) is 12.4 Å². The molecule has 3 heterocycles. The number of nitrogens with zero attached hydrogens (tertiary/aromatic N) is 4. The van der Waals surface area contributed by atoms with Crippen LogP contribution in [0.1, 0.15) is 46.5 Å². The van der Waals surface area contributed by atoms with Gasteiger partial charge in [0.05, 0.1) is 6.04 Å². The number of piperidine rings is 1. The zero-order valence-corrected chi connectivity index (χ0v) is 15.5.